The third kappa shape index (κ3) is 2.84. The molecule has 1 heterocycles. The van der Waals surface area contributed by atoms with Crippen LogP contribution in [0, 0.1) is 12.9 Å². The molecule has 3 nitrogen and oxygen atoms in total. The average molecular weight is 265 g/mol. The Hall–Kier alpha value is -1.94. The highest BCUT2D eigenvalue weighted by Crippen LogP contribution is 2.23. The van der Waals surface area contributed by atoms with Gasteiger partial charge >= 0.3 is 0 Å². The molecular formula is C13H10ClFN2O. The lowest BCUT2D eigenvalue weighted by molar-refractivity contribution is 0.102. The summed E-state index contributed by atoms with van der Waals surface area (Å²) in [6.45, 7) is 1.89. The minimum Gasteiger partial charge on any atom is -0.319 e. The van der Waals surface area contributed by atoms with E-state index in [1.807, 2.05) is 13.0 Å². The van der Waals surface area contributed by atoms with Gasteiger partial charge in [0.05, 0.1) is 10.7 Å². The van der Waals surface area contributed by atoms with Crippen LogP contribution in [0.25, 0.3) is 0 Å². The monoisotopic (exact) mass is 264 g/mol. The van der Waals surface area contributed by atoms with Crippen molar-refractivity contribution in [3.63, 3.8) is 0 Å². The fraction of sp³-hybridized carbons (Fsp3) is 0.0769. The van der Waals surface area contributed by atoms with Crippen LogP contribution >= 0.6 is 11.6 Å². The van der Waals surface area contributed by atoms with Gasteiger partial charge < -0.3 is 5.32 Å². The number of hydrogen-bond acceptors (Lipinski definition) is 2. The van der Waals surface area contributed by atoms with E-state index < -0.39 is 11.9 Å². The van der Waals surface area contributed by atoms with Crippen LogP contribution in [0.15, 0.2) is 36.4 Å². The number of nitrogens with zero attached hydrogens (tertiary/aromatic N) is 1. The van der Waals surface area contributed by atoms with Gasteiger partial charge in [0.25, 0.3) is 5.91 Å². The highest BCUT2D eigenvalue weighted by Gasteiger charge is 2.10. The maximum Gasteiger partial charge on any atom is 0.274 e. The third-order valence-corrected chi connectivity index (χ3v) is 2.63. The van der Waals surface area contributed by atoms with Gasteiger partial charge in [0.1, 0.15) is 5.69 Å². The van der Waals surface area contributed by atoms with E-state index in [-0.39, 0.29) is 5.69 Å². The lowest BCUT2D eigenvalue weighted by Gasteiger charge is -2.07. The lowest BCUT2D eigenvalue weighted by Crippen LogP contribution is -2.14. The number of aromatic nitrogens is 1. The molecule has 0 unspecified atom stereocenters. The van der Waals surface area contributed by atoms with Crippen molar-refractivity contribution in [1.82, 2.24) is 4.98 Å². The van der Waals surface area contributed by atoms with Crippen molar-refractivity contribution in [2.24, 2.45) is 0 Å². The number of pyridine rings is 1. The summed E-state index contributed by atoms with van der Waals surface area (Å²) in [6.07, 6.45) is 0. The molecule has 0 bridgehead atoms. The Labute approximate surface area is 109 Å². The predicted octanol–water partition coefficient (Wildman–Crippen LogP) is 3.43. The Bertz CT molecular complexity index is 601. The molecule has 0 aliphatic rings. The largest absolute Gasteiger partial charge is 0.319 e. The van der Waals surface area contributed by atoms with Crippen molar-refractivity contribution in [1.29, 1.82) is 0 Å². The first-order chi connectivity index (χ1) is 8.56. The summed E-state index contributed by atoms with van der Waals surface area (Å²) in [4.78, 5) is 15.3. The molecule has 2 aromatic rings. The quantitative estimate of drug-likeness (QED) is 0.845. The summed E-state index contributed by atoms with van der Waals surface area (Å²) < 4.78 is 12.9. The Morgan fingerprint density at radius 3 is 2.78 bits per heavy atom. The highest BCUT2D eigenvalue weighted by molar-refractivity contribution is 6.34. The van der Waals surface area contributed by atoms with Crippen LogP contribution in [0.1, 0.15) is 16.1 Å². The number of amides is 1. The third-order valence-electron chi connectivity index (χ3n) is 2.32. The number of rotatable bonds is 2. The summed E-state index contributed by atoms with van der Waals surface area (Å²) in [5.74, 6) is -1.20. The van der Waals surface area contributed by atoms with Crippen molar-refractivity contribution in [3.05, 3.63) is 58.6 Å². The number of anilines is 1. The highest BCUT2D eigenvalue weighted by atomic mass is 35.5. The summed E-state index contributed by atoms with van der Waals surface area (Å²) in [7, 11) is 0. The van der Waals surface area contributed by atoms with Crippen LogP contribution in [0.3, 0.4) is 0 Å². The van der Waals surface area contributed by atoms with Gasteiger partial charge in [-0.3, -0.25) is 4.79 Å². The Kier molecular flexibility index (Phi) is 3.58. The zero-order valence-electron chi connectivity index (χ0n) is 9.58. The Morgan fingerprint density at radius 1 is 1.33 bits per heavy atom. The molecule has 1 aromatic heterocycles. The predicted molar refractivity (Wildman–Crippen MR) is 68.3 cm³/mol. The van der Waals surface area contributed by atoms with E-state index in [0.29, 0.717) is 10.7 Å². The van der Waals surface area contributed by atoms with Crippen LogP contribution in [0.2, 0.25) is 5.02 Å². The smallest absolute Gasteiger partial charge is 0.274 e. The van der Waals surface area contributed by atoms with Gasteiger partial charge in [-0.25, -0.2) is 4.98 Å². The molecule has 0 aliphatic heterocycles. The van der Waals surface area contributed by atoms with Crippen LogP contribution in [-0.4, -0.2) is 10.9 Å². The molecule has 18 heavy (non-hydrogen) atoms. The molecule has 0 fully saturated rings. The molecule has 1 amide bonds. The van der Waals surface area contributed by atoms with E-state index in [2.05, 4.69) is 10.3 Å². The standard InChI is InChI=1S/C13H10ClFN2O/c1-8-5-6-10(9(14)7-8)17-13(18)11-3-2-4-12(15)16-11/h2-7H,1H3,(H,17,18). The summed E-state index contributed by atoms with van der Waals surface area (Å²) in [5.41, 5.74) is 1.46. The van der Waals surface area contributed by atoms with E-state index >= 15 is 0 Å². The van der Waals surface area contributed by atoms with E-state index in [9.17, 15) is 9.18 Å². The van der Waals surface area contributed by atoms with E-state index in [1.165, 1.54) is 18.2 Å². The first kappa shape index (κ1) is 12.5. The second kappa shape index (κ2) is 5.14. The number of halogens is 2. The second-order valence-corrected chi connectivity index (χ2v) is 4.19. The molecule has 1 aromatic carbocycles. The Balaban J connectivity index is 2.21. The SMILES string of the molecule is Cc1ccc(NC(=O)c2cccc(F)n2)c(Cl)c1. The molecular weight excluding hydrogens is 255 g/mol. The summed E-state index contributed by atoms with van der Waals surface area (Å²) >= 11 is 5.98. The van der Waals surface area contributed by atoms with Gasteiger partial charge in [0.15, 0.2) is 0 Å². The molecule has 0 aliphatic carbocycles. The van der Waals surface area contributed by atoms with Gasteiger partial charge in [0, 0.05) is 0 Å². The van der Waals surface area contributed by atoms with Crippen LogP contribution < -0.4 is 5.32 Å². The minimum atomic E-state index is -0.697. The fourth-order valence-corrected chi connectivity index (χ4v) is 1.72. The minimum absolute atomic E-state index is 0.00615. The number of aryl methyl sites for hydroxylation is 1. The summed E-state index contributed by atoms with van der Waals surface area (Å²) in [5, 5.41) is 3.01. The number of nitrogens with one attached hydrogen (secondary N) is 1. The van der Waals surface area contributed by atoms with Crippen LogP contribution in [-0.2, 0) is 0 Å². The number of benzene rings is 1. The van der Waals surface area contributed by atoms with E-state index in [1.54, 1.807) is 12.1 Å². The zero-order chi connectivity index (χ0) is 13.1. The topological polar surface area (TPSA) is 42.0 Å². The van der Waals surface area contributed by atoms with Gasteiger partial charge in [-0.05, 0) is 36.8 Å². The van der Waals surface area contributed by atoms with Crippen molar-refractivity contribution < 1.29 is 9.18 Å². The zero-order valence-corrected chi connectivity index (χ0v) is 10.3. The maximum absolute atomic E-state index is 12.9. The molecule has 92 valence electrons. The van der Waals surface area contributed by atoms with Crippen molar-refractivity contribution in [2.45, 2.75) is 6.92 Å². The first-order valence-corrected chi connectivity index (χ1v) is 5.64. The van der Waals surface area contributed by atoms with E-state index in [4.69, 9.17) is 11.6 Å². The second-order valence-electron chi connectivity index (χ2n) is 3.78. The van der Waals surface area contributed by atoms with Crippen molar-refractivity contribution in [2.75, 3.05) is 5.32 Å². The van der Waals surface area contributed by atoms with Gasteiger partial charge in [-0.2, -0.15) is 4.39 Å². The van der Waals surface area contributed by atoms with Crippen molar-refractivity contribution >= 4 is 23.2 Å². The van der Waals surface area contributed by atoms with Gasteiger partial charge in [-0.15, -0.1) is 0 Å². The van der Waals surface area contributed by atoms with E-state index in [0.717, 1.165) is 5.56 Å². The first-order valence-electron chi connectivity index (χ1n) is 5.26. The molecule has 0 saturated heterocycles. The maximum atomic E-state index is 12.9. The average Bonchev–Trinajstić information content (AvgIpc) is 2.32. The van der Waals surface area contributed by atoms with Crippen LogP contribution in [0.4, 0.5) is 10.1 Å². The molecule has 0 atom stereocenters. The van der Waals surface area contributed by atoms with Crippen molar-refractivity contribution in [3.8, 4) is 0 Å². The fourth-order valence-electron chi connectivity index (χ4n) is 1.44. The number of hydrogen-bond donors (Lipinski definition) is 1. The number of carbonyl (C=O) groups excluding carboxylic acids is 1. The molecule has 0 radical (unpaired) electrons. The Morgan fingerprint density at radius 2 is 2.11 bits per heavy atom. The molecule has 0 spiro atoms. The summed E-state index contributed by atoms with van der Waals surface area (Å²) in [6, 6.07) is 9.27. The van der Waals surface area contributed by atoms with Gasteiger partial charge in [-0.1, -0.05) is 23.7 Å². The number of carbonyl (C=O) groups is 1. The lowest BCUT2D eigenvalue weighted by atomic mass is 10.2. The van der Waals surface area contributed by atoms with Crippen LogP contribution in [0.5, 0.6) is 0 Å². The van der Waals surface area contributed by atoms with Gasteiger partial charge in [0.2, 0.25) is 5.95 Å². The molecule has 2 rings (SSSR count). The normalized spacial score (nSPS) is 10.2. The molecule has 5 heteroatoms. The molecule has 1 N–H and O–H groups in total. The molecule has 0 saturated carbocycles.